The summed E-state index contributed by atoms with van der Waals surface area (Å²) in [7, 11) is 0. The first-order valence-electron chi connectivity index (χ1n) is 10.1. The Bertz CT molecular complexity index is 1140. The van der Waals surface area contributed by atoms with Crippen LogP contribution in [0.2, 0.25) is 0 Å². The summed E-state index contributed by atoms with van der Waals surface area (Å²) in [5.41, 5.74) is -2.38. The van der Waals surface area contributed by atoms with E-state index in [-0.39, 0.29) is 10.9 Å². The molecule has 2 aromatic carbocycles. The highest BCUT2D eigenvalue weighted by Crippen LogP contribution is 2.54. The number of alkyl halides is 3. The van der Waals surface area contributed by atoms with Crippen molar-refractivity contribution in [3.8, 4) is 5.75 Å². The Hall–Kier alpha value is -2.12. The van der Waals surface area contributed by atoms with E-state index in [1.54, 1.807) is 44.2 Å². The quantitative estimate of drug-likeness (QED) is 0.463. The maximum atomic E-state index is 14.7. The summed E-state index contributed by atoms with van der Waals surface area (Å²) in [5, 5.41) is 11.8. The SMILES string of the molecule is CC(C(C)(C)c1cc(Br)cc2c1OCC2)C(O)(c1ccnc2ccccc12)C(F)(F)F. The van der Waals surface area contributed by atoms with Crippen molar-refractivity contribution in [2.75, 3.05) is 6.61 Å². The molecule has 3 nitrogen and oxygen atoms in total. The van der Waals surface area contributed by atoms with Gasteiger partial charge < -0.3 is 9.84 Å². The highest BCUT2D eigenvalue weighted by Gasteiger charge is 2.62. The number of nitrogens with zero attached hydrogens (tertiary/aromatic N) is 1. The van der Waals surface area contributed by atoms with Gasteiger partial charge in [-0.05, 0) is 35.2 Å². The van der Waals surface area contributed by atoms with Crippen molar-refractivity contribution < 1.29 is 23.0 Å². The minimum Gasteiger partial charge on any atom is -0.493 e. The van der Waals surface area contributed by atoms with E-state index in [1.807, 2.05) is 6.07 Å². The average Bonchev–Trinajstić information content (AvgIpc) is 3.18. The molecule has 0 saturated carbocycles. The fraction of sp³-hybridized carbons (Fsp3) is 0.375. The molecule has 0 aliphatic carbocycles. The number of fused-ring (bicyclic) bond motifs is 2. The Kier molecular flexibility index (Phi) is 5.33. The van der Waals surface area contributed by atoms with Gasteiger partial charge in [0.1, 0.15) is 5.75 Å². The third-order valence-corrected chi connectivity index (χ3v) is 7.10. The van der Waals surface area contributed by atoms with Crippen molar-refractivity contribution in [1.29, 1.82) is 0 Å². The van der Waals surface area contributed by atoms with Crippen LogP contribution >= 0.6 is 15.9 Å². The number of rotatable bonds is 4. The Labute approximate surface area is 187 Å². The first kappa shape index (κ1) is 22.1. The summed E-state index contributed by atoms with van der Waals surface area (Å²) in [4.78, 5) is 4.17. The van der Waals surface area contributed by atoms with Gasteiger partial charge in [0.2, 0.25) is 0 Å². The molecule has 1 N–H and O–H groups in total. The zero-order valence-corrected chi connectivity index (χ0v) is 19.0. The van der Waals surface area contributed by atoms with Crippen LogP contribution in [0.15, 0.2) is 53.1 Å². The first-order valence-corrected chi connectivity index (χ1v) is 10.9. The molecule has 2 unspecified atom stereocenters. The molecule has 31 heavy (non-hydrogen) atoms. The molecule has 0 spiro atoms. The molecular weight excluding hydrogens is 471 g/mol. The normalized spacial score (nSPS) is 17.2. The van der Waals surface area contributed by atoms with E-state index >= 15 is 0 Å². The molecule has 0 radical (unpaired) electrons. The van der Waals surface area contributed by atoms with E-state index in [0.717, 1.165) is 10.0 Å². The number of benzene rings is 2. The highest BCUT2D eigenvalue weighted by molar-refractivity contribution is 9.10. The van der Waals surface area contributed by atoms with Crippen LogP contribution in [0.25, 0.3) is 10.9 Å². The van der Waals surface area contributed by atoms with Gasteiger partial charge in [0.15, 0.2) is 5.60 Å². The number of hydrogen-bond acceptors (Lipinski definition) is 3. The Morgan fingerprint density at radius 2 is 1.81 bits per heavy atom. The van der Waals surface area contributed by atoms with Crippen LogP contribution in [0.4, 0.5) is 13.2 Å². The van der Waals surface area contributed by atoms with Crippen molar-refractivity contribution in [2.24, 2.45) is 5.92 Å². The molecule has 0 saturated heterocycles. The molecular formula is C24H23BrF3NO2. The van der Waals surface area contributed by atoms with Gasteiger partial charge in [-0.3, -0.25) is 4.98 Å². The van der Waals surface area contributed by atoms with Gasteiger partial charge in [-0.1, -0.05) is 54.9 Å². The second-order valence-electron chi connectivity index (χ2n) is 8.62. The van der Waals surface area contributed by atoms with Crippen molar-refractivity contribution >= 4 is 26.8 Å². The maximum absolute atomic E-state index is 14.7. The molecule has 1 aliphatic rings. The van der Waals surface area contributed by atoms with Gasteiger partial charge >= 0.3 is 6.18 Å². The van der Waals surface area contributed by atoms with Crippen LogP contribution in [0.5, 0.6) is 5.75 Å². The number of aliphatic hydroxyl groups is 1. The average molecular weight is 494 g/mol. The lowest BCUT2D eigenvalue weighted by Gasteiger charge is -2.45. The highest BCUT2D eigenvalue weighted by atomic mass is 79.9. The minimum atomic E-state index is -4.91. The lowest BCUT2D eigenvalue weighted by Crippen LogP contribution is -2.53. The maximum Gasteiger partial charge on any atom is 0.421 e. The number of ether oxygens (including phenoxy) is 1. The fourth-order valence-corrected chi connectivity index (χ4v) is 5.07. The summed E-state index contributed by atoms with van der Waals surface area (Å²) < 4.78 is 50.5. The molecule has 3 aromatic rings. The van der Waals surface area contributed by atoms with Crippen LogP contribution in [-0.4, -0.2) is 22.9 Å². The second kappa shape index (κ2) is 7.48. The standard InChI is InChI=1S/C24H23BrF3NO2/c1-14(22(2,3)19-13-16(25)12-15-9-11-31-21(15)19)23(30,24(26,27)28)18-8-10-29-20-7-5-4-6-17(18)20/h4-8,10,12-14,30H,9,11H2,1-3H3. The number of hydrogen-bond donors (Lipinski definition) is 1. The number of halogens is 4. The lowest BCUT2D eigenvalue weighted by atomic mass is 9.64. The molecule has 1 aliphatic heterocycles. The van der Waals surface area contributed by atoms with Crippen molar-refractivity contribution in [3.63, 3.8) is 0 Å². The van der Waals surface area contributed by atoms with E-state index in [0.29, 0.717) is 29.9 Å². The van der Waals surface area contributed by atoms with Crippen LogP contribution in [0.1, 0.15) is 37.5 Å². The summed E-state index contributed by atoms with van der Waals surface area (Å²) in [6, 6.07) is 11.6. The Balaban J connectivity index is 1.94. The molecule has 1 aromatic heterocycles. The molecule has 0 bridgehead atoms. The molecule has 7 heteroatoms. The van der Waals surface area contributed by atoms with Crippen LogP contribution < -0.4 is 4.74 Å². The molecule has 4 rings (SSSR count). The van der Waals surface area contributed by atoms with E-state index < -0.39 is 23.1 Å². The third-order valence-electron chi connectivity index (χ3n) is 6.64. The smallest absolute Gasteiger partial charge is 0.421 e. The van der Waals surface area contributed by atoms with Gasteiger partial charge in [-0.2, -0.15) is 13.2 Å². The summed E-state index contributed by atoms with van der Waals surface area (Å²) in [6.07, 6.45) is -2.90. The largest absolute Gasteiger partial charge is 0.493 e. The predicted molar refractivity (Wildman–Crippen MR) is 117 cm³/mol. The summed E-state index contributed by atoms with van der Waals surface area (Å²) >= 11 is 3.48. The molecule has 0 fully saturated rings. The van der Waals surface area contributed by atoms with Crippen LogP contribution in [-0.2, 0) is 17.4 Å². The predicted octanol–water partition coefficient (Wildman–Crippen LogP) is 6.30. The van der Waals surface area contributed by atoms with Crippen molar-refractivity contribution in [3.05, 3.63) is 69.8 Å². The second-order valence-corrected chi connectivity index (χ2v) is 9.54. The number of aromatic nitrogens is 1. The van der Waals surface area contributed by atoms with Crippen LogP contribution in [0.3, 0.4) is 0 Å². The van der Waals surface area contributed by atoms with Gasteiger partial charge in [0.25, 0.3) is 0 Å². The van der Waals surface area contributed by atoms with Gasteiger partial charge in [0.05, 0.1) is 12.1 Å². The Morgan fingerprint density at radius 3 is 2.52 bits per heavy atom. The van der Waals surface area contributed by atoms with Gasteiger partial charge in [-0.15, -0.1) is 0 Å². The number of para-hydroxylation sites is 1. The summed E-state index contributed by atoms with van der Waals surface area (Å²) in [6.45, 7) is 5.38. The molecule has 2 heterocycles. The monoisotopic (exact) mass is 493 g/mol. The van der Waals surface area contributed by atoms with E-state index in [9.17, 15) is 18.3 Å². The minimum absolute atomic E-state index is 0.196. The van der Waals surface area contributed by atoms with E-state index in [2.05, 4.69) is 20.9 Å². The van der Waals surface area contributed by atoms with Crippen molar-refractivity contribution in [2.45, 2.75) is 44.4 Å². The molecule has 0 amide bonds. The van der Waals surface area contributed by atoms with Gasteiger partial charge in [-0.25, -0.2) is 0 Å². The molecule has 164 valence electrons. The zero-order chi connectivity index (χ0) is 22.6. The van der Waals surface area contributed by atoms with Gasteiger partial charge in [0, 0.05) is 39.5 Å². The number of pyridine rings is 1. The summed E-state index contributed by atoms with van der Waals surface area (Å²) in [5.74, 6) is -0.627. The third kappa shape index (κ3) is 3.42. The van der Waals surface area contributed by atoms with E-state index in [4.69, 9.17) is 4.74 Å². The van der Waals surface area contributed by atoms with Crippen molar-refractivity contribution in [1.82, 2.24) is 4.98 Å². The first-order chi connectivity index (χ1) is 14.5. The van der Waals surface area contributed by atoms with Crippen LogP contribution in [0, 0.1) is 5.92 Å². The van der Waals surface area contributed by atoms with E-state index in [1.165, 1.54) is 19.2 Å². The lowest BCUT2D eigenvalue weighted by molar-refractivity contribution is -0.291. The Morgan fingerprint density at radius 1 is 1.10 bits per heavy atom. The topological polar surface area (TPSA) is 42.4 Å². The molecule has 2 atom stereocenters. The fourth-order valence-electron chi connectivity index (χ4n) is 4.56. The zero-order valence-electron chi connectivity index (χ0n) is 17.4.